The van der Waals surface area contributed by atoms with Crippen LogP contribution in [0.4, 0.5) is 18.9 Å². The summed E-state index contributed by atoms with van der Waals surface area (Å²) >= 11 is 0. The van der Waals surface area contributed by atoms with E-state index in [0.717, 1.165) is 10.6 Å². The molecular weight excluding hydrogens is 285 g/mol. The summed E-state index contributed by atoms with van der Waals surface area (Å²) in [4.78, 5) is 25.0. The van der Waals surface area contributed by atoms with Crippen LogP contribution in [0.1, 0.15) is 17.3 Å². The molecule has 0 radical (unpaired) electrons. The van der Waals surface area contributed by atoms with Gasteiger partial charge in [-0.1, -0.05) is 0 Å². The van der Waals surface area contributed by atoms with Gasteiger partial charge in [0.05, 0.1) is 0 Å². The SMILES string of the molecule is CC(=O)c1ccc(N2CCN(C(=O)C(F)(F)F)CC2)cc1. The van der Waals surface area contributed by atoms with Crippen molar-refractivity contribution in [2.45, 2.75) is 13.1 Å². The average Bonchev–Trinajstić information content (AvgIpc) is 2.46. The number of hydrogen-bond acceptors (Lipinski definition) is 3. The van der Waals surface area contributed by atoms with Crippen molar-refractivity contribution in [2.24, 2.45) is 0 Å². The molecule has 114 valence electrons. The van der Waals surface area contributed by atoms with Crippen molar-refractivity contribution in [2.75, 3.05) is 31.1 Å². The average molecular weight is 300 g/mol. The molecule has 1 fully saturated rings. The minimum absolute atomic E-state index is 0.0345. The van der Waals surface area contributed by atoms with Crippen molar-refractivity contribution in [1.82, 2.24) is 4.90 Å². The first-order valence-electron chi connectivity index (χ1n) is 6.51. The van der Waals surface area contributed by atoms with Gasteiger partial charge in [-0.15, -0.1) is 0 Å². The van der Waals surface area contributed by atoms with Gasteiger partial charge in [-0.05, 0) is 31.2 Å². The Hall–Kier alpha value is -2.05. The molecule has 1 aromatic rings. The molecule has 0 aliphatic carbocycles. The molecule has 1 aliphatic heterocycles. The number of nitrogens with zero attached hydrogens (tertiary/aromatic N) is 2. The summed E-state index contributed by atoms with van der Waals surface area (Å²) in [5.41, 5.74) is 1.42. The van der Waals surface area contributed by atoms with Crippen LogP contribution in [0.5, 0.6) is 0 Å². The van der Waals surface area contributed by atoms with Gasteiger partial charge in [-0.2, -0.15) is 13.2 Å². The number of piperazine rings is 1. The summed E-state index contributed by atoms with van der Waals surface area (Å²) in [7, 11) is 0. The van der Waals surface area contributed by atoms with E-state index in [1.807, 2.05) is 4.90 Å². The lowest BCUT2D eigenvalue weighted by Gasteiger charge is -2.36. The zero-order valence-electron chi connectivity index (χ0n) is 11.5. The van der Waals surface area contributed by atoms with Gasteiger partial charge in [0.1, 0.15) is 0 Å². The van der Waals surface area contributed by atoms with Crippen LogP contribution in [0.25, 0.3) is 0 Å². The fourth-order valence-electron chi connectivity index (χ4n) is 2.25. The van der Waals surface area contributed by atoms with Gasteiger partial charge in [0.25, 0.3) is 0 Å². The second-order valence-electron chi connectivity index (χ2n) is 4.88. The molecule has 1 heterocycles. The van der Waals surface area contributed by atoms with Crippen molar-refractivity contribution >= 4 is 17.4 Å². The molecule has 1 saturated heterocycles. The molecule has 21 heavy (non-hydrogen) atoms. The molecular formula is C14H15F3N2O2. The lowest BCUT2D eigenvalue weighted by molar-refractivity contribution is -0.185. The lowest BCUT2D eigenvalue weighted by Crippen LogP contribution is -2.52. The lowest BCUT2D eigenvalue weighted by atomic mass is 10.1. The van der Waals surface area contributed by atoms with Gasteiger partial charge in [0.15, 0.2) is 5.78 Å². The Morgan fingerprint density at radius 3 is 1.95 bits per heavy atom. The maximum absolute atomic E-state index is 12.3. The summed E-state index contributed by atoms with van der Waals surface area (Å²) < 4.78 is 37.0. The first-order valence-corrected chi connectivity index (χ1v) is 6.51. The zero-order chi connectivity index (χ0) is 15.6. The van der Waals surface area contributed by atoms with Crippen LogP contribution in [0, 0.1) is 0 Å². The van der Waals surface area contributed by atoms with E-state index in [2.05, 4.69) is 0 Å². The number of halogens is 3. The maximum Gasteiger partial charge on any atom is 0.471 e. The predicted molar refractivity (Wildman–Crippen MR) is 71.3 cm³/mol. The molecule has 1 aliphatic rings. The van der Waals surface area contributed by atoms with E-state index < -0.39 is 12.1 Å². The molecule has 0 aromatic heterocycles. The molecule has 0 N–H and O–H groups in total. The molecule has 0 atom stereocenters. The molecule has 0 spiro atoms. The standard InChI is InChI=1S/C14H15F3N2O2/c1-10(20)11-2-4-12(5-3-11)18-6-8-19(9-7-18)13(21)14(15,16)17/h2-5H,6-9H2,1H3. The van der Waals surface area contributed by atoms with Crippen molar-refractivity contribution < 1.29 is 22.8 Å². The Bertz CT molecular complexity index is 532. The van der Waals surface area contributed by atoms with E-state index in [4.69, 9.17) is 0 Å². The zero-order valence-corrected chi connectivity index (χ0v) is 11.5. The molecule has 4 nitrogen and oxygen atoms in total. The number of alkyl halides is 3. The van der Waals surface area contributed by atoms with E-state index in [1.54, 1.807) is 24.3 Å². The third kappa shape index (κ3) is 3.53. The van der Waals surface area contributed by atoms with Crippen LogP contribution >= 0.6 is 0 Å². The monoisotopic (exact) mass is 300 g/mol. The summed E-state index contributed by atoms with van der Waals surface area (Å²) in [6.07, 6.45) is -4.81. The fraction of sp³-hybridized carbons (Fsp3) is 0.429. The summed E-state index contributed by atoms with van der Waals surface area (Å²) in [6, 6.07) is 6.89. The van der Waals surface area contributed by atoms with Gasteiger partial charge in [0.2, 0.25) is 0 Å². The van der Waals surface area contributed by atoms with Crippen molar-refractivity contribution in [3.8, 4) is 0 Å². The van der Waals surface area contributed by atoms with Gasteiger partial charge < -0.3 is 9.80 Å². The number of Topliss-reactive ketones (excluding diaryl/α,β-unsaturated/α-hetero) is 1. The number of benzene rings is 1. The number of anilines is 1. The Kier molecular flexibility index (Phi) is 4.20. The number of carbonyl (C=O) groups is 2. The number of carbonyl (C=O) groups excluding carboxylic acids is 2. The Balaban J connectivity index is 1.98. The largest absolute Gasteiger partial charge is 0.471 e. The second kappa shape index (κ2) is 5.75. The van der Waals surface area contributed by atoms with Crippen molar-refractivity contribution in [3.05, 3.63) is 29.8 Å². The van der Waals surface area contributed by atoms with E-state index in [9.17, 15) is 22.8 Å². The highest BCUT2D eigenvalue weighted by molar-refractivity contribution is 5.94. The molecule has 1 amide bonds. The first-order chi connectivity index (χ1) is 9.79. The highest BCUT2D eigenvalue weighted by Gasteiger charge is 2.43. The van der Waals surface area contributed by atoms with Crippen LogP contribution in [0.15, 0.2) is 24.3 Å². The normalized spacial score (nSPS) is 16.0. The minimum Gasteiger partial charge on any atom is -0.368 e. The van der Waals surface area contributed by atoms with Gasteiger partial charge >= 0.3 is 12.1 Å². The quantitative estimate of drug-likeness (QED) is 0.785. The van der Waals surface area contributed by atoms with Crippen molar-refractivity contribution in [3.63, 3.8) is 0 Å². The number of hydrogen-bond donors (Lipinski definition) is 0. The first kappa shape index (κ1) is 15.3. The molecule has 2 rings (SSSR count). The molecule has 0 unspecified atom stereocenters. The topological polar surface area (TPSA) is 40.6 Å². The molecule has 1 aromatic carbocycles. The Morgan fingerprint density at radius 1 is 1.00 bits per heavy atom. The van der Waals surface area contributed by atoms with Crippen LogP contribution in [0.3, 0.4) is 0 Å². The van der Waals surface area contributed by atoms with Gasteiger partial charge in [-0.25, -0.2) is 0 Å². The van der Waals surface area contributed by atoms with E-state index >= 15 is 0 Å². The van der Waals surface area contributed by atoms with E-state index in [1.165, 1.54) is 6.92 Å². The number of rotatable bonds is 2. The number of ketones is 1. The maximum atomic E-state index is 12.3. The van der Waals surface area contributed by atoms with Crippen LogP contribution in [0.2, 0.25) is 0 Å². The number of amides is 1. The Morgan fingerprint density at radius 2 is 1.52 bits per heavy atom. The highest BCUT2D eigenvalue weighted by Crippen LogP contribution is 2.22. The minimum atomic E-state index is -4.81. The van der Waals surface area contributed by atoms with Crippen molar-refractivity contribution in [1.29, 1.82) is 0 Å². The van der Waals surface area contributed by atoms with Gasteiger partial charge in [-0.3, -0.25) is 9.59 Å². The highest BCUT2D eigenvalue weighted by atomic mass is 19.4. The predicted octanol–water partition coefficient (Wildman–Crippen LogP) is 2.10. The summed E-state index contributed by atoms with van der Waals surface area (Å²) in [6.45, 7) is 2.21. The fourth-order valence-corrected chi connectivity index (χ4v) is 2.25. The third-order valence-corrected chi connectivity index (χ3v) is 3.45. The van der Waals surface area contributed by atoms with E-state index in [-0.39, 0.29) is 18.9 Å². The summed E-state index contributed by atoms with van der Waals surface area (Å²) in [5.74, 6) is -1.82. The van der Waals surface area contributed by atoms with Gasteiger partial charge in [0, 0.05) is 37.4 Å². The molecule has 0 bridgehead atoms. The van der Waals surface area contributed by atoms with Crippen LogP contribution in [-0.4, -0.2) is 48.9 Å². The van der Waals surface area contributed by atoms with Crippen LogP contribution < -0.4 is 4.90 Å². The third-order valence-electron chi connectivity index (χ3n) is 3.45. The Labute approximate surface area is 120 Å². The molecule has 0 saturated carbocycles. The smallest absolute Gasteiger partial charge is 0.368 e. The molecule has 7 heteroatoms. The summed E-state index contributed by atoms with van der Waals surface area (Å²) in [5, 5.41) is 0. The second-order valence-corrected chi connectivity index (χ2v) is 4.88. The van der Waals surface area contributed by atoms with E-state index in [0.29, 0.717) is 18.7 Å². The van der Waals surface area contributed by atoms with Crippen LogP contribution in [-0.2, 0) is 4.79 Å².